The van der Waals surface area contributed by atoms with Crippen LogP contribution in [-0.4, -0.2) is 70.4 Å². The number of ether oxygens (including phenoxy) is 3. The second-order valence-electron chi connectivity index (χ2n) is 9.52. The molecule has 2 aromatic heterocycles. The second kappa shape index (κ2) is 6.88. The number of aliphatic hydroxyl groups excluding tert-OH is 1. The first-order chi connectivity index (χ1) is 13.4. The van der Waals surface area contributed by atoms with Crippen LogP contribution in [0.1, 0.15) is 47.8 Å². The van der Waals surface area contributed by atoms with E-state index in [1.807, 2.05) is 41.5 Å². The number of hydrogen-bond donors (Lipinski definition) is 3. The number of imidazole rings is 1. The van der Waals surface area contributed by atoms with E-state index in [1.54, 1.807) is 0 Å². The molecule has 160 valence electrons. The Hall–Kier alpha value is -1.79. The smallest absolute Gasteiger partial charge is 0.283 e. The molecule has 0 spiro atoms. The van der Waals surface area contributed by atoms with Crippen molar-refractivity contribution in [2.24, 2.45) is 0 Å². The normalized spacial score (nSPS) is 27.8. The zero-order chi connectivity index (χ0) is 21.1. The predicted molar refractivity (Wildman–Crippen MR) is 110 cm³/mol. The molecule has 29 heavy (non-hydrogen) atoms. The van der Waals surface area contributed by atoms with Crippen LogP contribution in [0.15, 0.2) is 4.79 Å². The van der Waals surface area contributed by atoms with E-state index in [9.17, 15) is 9.90 Å². The van der Waals surface area contributed by atoms with Crippen LogP contribution in [0, 0.1) is 0 Å². The van der Waals surface area contributed by atoms with Crippen molar-refractivity contribution in [1.82, 2.24) is 19.5 Å². The number of fused-ring (bicyclic) bond motifs is 2. The van der Waals surface area contributed by atoms with Gasteiger partial charge in [-0.05, 0) is 41.5 Å². The van der Waals surface area contributed by atoms with Crippen molar-refractivity contribution in [3.63, 3.8) is 0 Å². The Morgan fingerprint density at radius 2 is 1.93 bits per heavy atom. The first-order valence-corrected chi connectivity index (χ1v) is 11.2. The molecule has 3 N–H and O–H groups in total. The highest BCUT2D eigenvalue weighted by atomic mass is 28.2. The van der Waals surface area contributed by atoms with Gasteiger partial charge in [-0.15, -0.1) is 0 Å². The van der Waals surface area contributed by atoms with Crippen LogP contribution >= 0.6 is 0 Å². The molecule has 0 aliphatic carbocycles. The molecular formula is C18H29N5O5Si. The summed E-state index contributed by atoms with van der Waals surface area (Å²) in [5, 5.41) is 11.1. The van der Waals surface area contributed by atoms with Gasteiger partial charge in [0.25, 0.3) is 5.56 Å². The Labute approximate surface area is 170 Å². The Morgan fingerprint density at radius 3 is 2.59 bits per heavy atom. The summed E-state index contributed by atoms with van der Waals surface area (Å²) in [6, 6.07) is 0. The van der Waals surface area contributed by atoms with Crippen LogP contribution in [0.3, 0.4) is 0 Å². The number of rotatable bonds is 4. The van der Waals surface area contributed by atoms with Gasteiger partial charge < -0.3 is 29.3 Å². The third-order valence-electron chi connectivity index (χ3n) is 4.75. The fourth-order valence-electron chi connectivity index (χ4n) is 3.57. The number of anilines is 1. The molecule has 11 heteroatoms. The highest BCUT2D eigenvalue weighted by molar-refractivity contribution is 6.55. The lowest BCUT2D eigenvalue weighted by atomic mass is 10.1. The van der Waals surface area contributed by atoms with Gasteiger partial charge in [0, 0.05) is 0 Å². The van der Waals surface area contributed by atoms with Gasteiger partial charge >= 0.3 is 0 Å². The van der Waals surface area contributed by atoms with Crippen LogP contribution < -0.4 is 16.0 Å². The maximum absolute atomic E-state index is 13.1. The summed E-state index contributed by atoms with van der Waals surface area (Å²) in [5.74, 6) is 0.372. The number of nitrogens with one attached hydrogen (secondary N) is 2. The number of nitrogens with zero attached hydrogens (tertiary/aromatic N) is 3. The number of hydrogen-bond acceptors (Lipinski definition) is 8. The van der Waals surface area contributed by atoms with Crippen LogP contribution in [0.2, 0.25) is 0 Å². The van der Waals surface area contributed by atoms with E-state index in [0.717, 1.165) is 5.45 Å². The van der Waals surface area contributed by atoms with Crippen molar-refractivity contribution in [2.75, 3.05) is 11.6 Å². The first kappa shape index (κ1) is 20.5. The van der Waals surface area contributed by atoms with Crippen molar-refractivity contribution in [1.29, 1.82) is 0 Å². The van der Waals surface area contributed by atoms with Crippen LogP contribution in [0.4, 0.5) is 5.95 Å². The topological polar surface area (TPSA) is 124 Å². The zero-order valence-electron chi connectivity index (χ0n) is 17.6. The van der Waals surface area contributed by atoms with E-state index in [2.05, 4.69) is 19.9 Å². The molecule has 2 aliphatic heterocycles. The van der Waals surface area contributed by atoms with Crippen molar-refractivity contribution in [3.05, 3.63) is 10.4 Å². The molecule has 1 fully saturated rings. The summed E-state index contributed by atoms with van der Waals surface area (Å²) in [6.45, 7) is 11.8. The maximum atomic E-state index is 13.1. The summed E-state index contributed by atoms with van der Waals surface area (Å²) in [4.78, 5) is 28.1. The Bertz CT molecular complexity index is 976. The summed E-state index contributed by atoms with van der Waals surface area (Å²) in [6.07, 6.45) is -3.21. The molecule has 0 radical (unpaired) electrons. The van der Waals surface area contributed by atoms with E-state index in [1.165, 1.54) is 4.57 Å². The number of H-pyrrole nitrogens is 1. The molecular weight excluding hydrogens is 394 g/mol. The standard InChI is InChI=1S/C18H29N5O5Si/c1-17(2,3)26-7-8-11(28-18(4,5)6)10(24)14(27-8)23-13(25)9-12-20-15(23)22-29-16(19-9)21-12/h8,10-11,14,24H,7,29H2,1-6H3,(H,19,21)(H,20,22)/t8-,10+,11-,14-/m1/s1. The minimum absolute atomic E-state index is 0.230. The molecule has 10 nitrogen and oxygen atoms in total. The molecule has 4 rings (SSSR count). The van der Waals surface area contributed by atoms with Crippen LogP contribution in [-0.2, 0) is 14.2 Å². The van der Waals surface area contributed by atoms with Gasteiger partial charge in [-0.2, -0.15) is 4.98 Å². The molecule has 4 atom stereocenters. The largest absolute Gasteiger partial charge is 0.386 e. The summed E-state index contributed by atoms with van der Waals surface area (Å²) in [7, 11) is -0.950. The minimum atomic E-state index is -1.07. The molecule has 0 amide bonds. The molecule has 4 heterocycles. The van der Waals surface area contributed by atoms with E-state index >= 15 is 0 Å². The second-order valence-corrected chi connectivity index (χ2v) is 10.9. The Balaban J connectivity index is 1.71. The Kier molecular flexibility index (Phi) is 4.86. The van der Waals surface area contributed by atoms with Gasteiger partial charge in [-0.3, -0.25) is 4.79 Å². The van der Waals surface area contributed by atoms with Crippen molar-refractivity contribution in [3.8, 4) is 0 Å². The van der Waals surface area contributed by atoms with Gasteiger partial charge in [0.05, 0.1) is 17.8 Å². The van der Waals surface area contributed by atoms with Gasteiger partial charge in [-0.1, -0.05) is 0 Å². The summed E-state index contributed by atoms with van der Waals surface area (Å²) in [5.41, 5.74) is 0.282. The Morgan fingerprint density at radius 1 is 1.21 bits per heavy atom. The van der Waals surface area contributed by atoms with Crippen LogP contribution in [0.5, 0.6) is 0 Å². The van der Waals surface area contributed by atoms with E-state index in [-0.39, 0.29) is 17.8 Å². The lowest BCUT2D eigenvalue weighted by Gasteiger charge is -2.30. The first-order valence-electron chi connectivity index (χ1n) is 9.83. The van der Waals surface area contributed by atoms with E-state index in [0.29, 0.717) is 17.1 Å². The highest BCUT2D eigenvalue weighted by Crippen LogP contribution is 2.35. The van der Waals surface area contributed by atoms with Crippen LogP contribution in [0.25, 0.3) is 11.2 Å². The van der Waals surface area contributed by atoms with E-state index in [4.69, 9.17) is 14.2 Å². The van der Waals surface area contributed by atoms with Gasteiger partial charge in [0.2, 0.25) is 5.95 Å². The fourth-order valence-corrected chi connectivity index (χ4v) is 4.64. The third-order valence-corrected chi connectivity index (χ3v) is 5.92. The fraction of sp³-hybridized carbons (Fsp3) is 0.722. The lowest BCUT2D eigenvalue weighted by molar-refractivity contribution is -0.138. The number of aromatic nitrogens is 4. The molecule has 0 aromatic carbocycles. The maximum Gasteiger partial charge on any atom is 0.283 e. The number of aliphatic hydroxyl groups is 1. The molecule has 0 saturated carbocycles. The third kappa shape index (κ3) is 3.97. The van der Waals surface area contributed by atoms with Gasteiger partial charge in [0.15, 0.2) is 27.1 Å². The molecule has 0 unspecified atom stereocenters. The quantitative estimate of drug-likeness (QED) is 0.563. The van der Waals surface area contributed by atoms with E-state index < -0.39 is 39.8 Å². The number of aromatic amines is 1. The van der Waals surface area contributed by atoms with Crippen molar-refractivity contribution < 1.29 is 19.3 Å². The lowest BCUT2D eigenvalue weighted by Crippen LogP contribution is -2.43. The van der Waals surface area contributed by atoms with Gasteiger partial charge in [-0.25, -0.2) is 9.55 Å². The molecule has 2 aliphatic rings. The molecule has 3 bridgehead atoms. The SMILES string of the molecule is CC(C)(C)OC[C@H]1O[C@@H](n2c3nc4nc([nH]c4c2=O)[SiH2]N3)[C@@H](O)[C@@H]1OC(C)(C)C. The molecule has 2 aromatic rings. The predicted octanol–water partition coefficient (Wildman–Crippen LogP) is -0.489. The molecule has 1 saturated heterocycles. The average molecular weight is 424 g/mol. The minimum Gasteiger partial charge on any atom is -0.386 e. The average Bonchev–Trinajstić information content (AvgIpc) is 3.04. The monoisotopic (exact) mass is 423 g/mol. The zero-order valence-corrected chi connectivity index (χ0v) is 19.1. The van der Waals surface area contributed by atoms with Crippen molar-refractivity contribution in [2.45, 2.75) is 77.3 Å². The summed E-state index contributed by atoms with van der Waals surface area (Å²) < 4.78 is 19.5. The van der Waals surface area contributed by atoms with Gasteiger partial charge in [0.1, 0.15) is 23.8 Å². The van der Waals surface area contributed by atoms with Crippen molar-refractivity contribution >= 4 is 32.2 Å². The summed E-state index contributed by atoms with van der Waals surface area (Å²) >= 11 is 0. The highest BCUT2D eigenvalue weighted by Gasteiger charge is 2.48.